The third-order valence-electron chi connectivity index (χ3n) is 3.40. The molecule has 1 saturated heterocycles. The van der Waals surface area contributed by atoms with Gasteiger partial charge < -0.3 is 4.57 Å². The first-order valence-corrected chi connectivity index (χ1v) is 7.64. The van der Waals surface area contributed by atoms with Crippen LogP contribution in [0.5, 0.6) is 0 Å². The number of likely N-dealkylation sites (tertiary alicyclic amines) is 1. The minimum Gasteiger partial charge on any atom is -0.337 e. The van der Waals surface area contributed by atoms with E-state index in [9.17, 15) is 0 Å². The summed E-state index contributed by atoms with van der Waals surface area (Å²) in [5.41, 5.74) is 0. The van der Waals surface area contributed by atoms with Crippen LogP contribution >= 0.6 is 11.8 Å². The van der Waals surface area contributed by atoms with Gasteiger partial charge >= 0.3 is 0 Å². The van der Waals surface area contributed by atoms with Crippen LogP contribution in [-0.2, 0) is 13.6 Å². The zero-order valence-electron chi connectivity index (χ0n) is 10.9. The van der Waals surface area contributed by atoms with Gasteiger partial charge in [-0.15, -0.1) is 0 Å². The molecule has 1 aliphatic heterocycles. The highest BCUT2D eigenvalue weighted by Crippen LogP contribution is 2.22. The molecule has 0 aliphatic carbocycles. The Bertz CT molecular complexity index is 337. The van der Waals surface area contributed by atoms with Gasteiger partial charge in [-0.25, -0.2) is 4.98 Å². The van der Waals surface area contributed by atoms with Crippen molar-refractivity contribution in [3.8, 4) is 0 Å². The van der Waals surface area contributed by atoms with Crippen molar-refractivity contribution < 1.29 is 0 Å². The van der Waals surface area contributed by atoms with E-state index in [2.05, 4.69) is 40.2 Å². The van der Waals surface area contributed by atoms with E-state index >= 15 is 0 Å². The maximum Gasteiger partial charge on any atom is 0.122 e. The molecule has 1 aromatic heterocycles. The highest BCUT2D eigenvalue weighted by Gasteiger charge is 2.18. The van der Waals surface area contributed by atoms with Crippen LogP contribution in [0, 0.1) is 0 Å². The van der Waals surface area contributed by atoms with Gasteiger partial charge in [-0.05, 0) is 25.1 Å². The lowest BCUT2D eigenvalue weighted by Gasteiger charge is -2.23. The van der Waals surface area contributed by atoms with Gasteiger partial charge in [0.15, 0.2) is 0 Å². The Labute approximate surface area is 109 Å². The normalized spacial score (nSPS) is 22.6. The number of imidazole rings is 1. The molecule has 0 N–H and O–H groups in total. The number of aromatic nitrogens is 2. The average molecular weight is 253 g/mol. The van der Waals surface area contributed by atoms with E-state index in [1.54, 1.807) is 0 Å². The van der Waals surface area contributed by atoms with Gasteiger partial charge in [0.1, 0.15) is 5.82 Å². The standard InChI is InChI=1S/C13H23N3S/c1-3-17-12-6-4-5-8-16(10-12)11-13-14-7-9-15(13)2/h7,9,12H,3-6,8,10-11H2,1-2H3/t12-/m1/s1. The van der Waals surface area contributed by atoms with Gasteiger partial charge in [-0.2, -0.15) is 11.8 Å². The first kappa shape index (κ1) is 13.0. The monoisotopic (exact) mass is 253 g/mol. The molecule has 1 aliphatic rings. The van der Waals surface area contributed by atoms with Crippen molar-refractivity contribution in [2.24, 2.45) is 7.05 Å². The van der Waals surface area contributed by atoms with Gasteiger partial charge in [-0.1, -0.05) is 13.3 Å². The molecule has 1 aromatic rings. The number of nitrogens with zero attached hydrogens (tertiary/aromatic N) is 3. The molecule has 1 atom stereocenters. The van der Waals surface area contributed by atoms with Crippen molar-refractivity contribution in [2.45, 2.75) is 38.0 Å². The van der Waals surface area contributed by atoms with E-state index in [1.165, 1.54) is 43.9 Å². The maximum atomic E-state index is 4.43. The van der Waals surface area contributed by atoms with E-state index in [4.69, 9.17) is 0 Å². The Hall–Kier alpha value is -0.480. The summed E-state index contributed by atoms with van der Waals surface area (Å²) in [6, 6.07) is 0. The molecule has 2 rings (SSSR count). The molecule has 3 nitrogen and oxygen atoms in total. The summed E-state index contributed by atoms with van der Waals surface area (Å²) < 4.78 is 2.13. The van der Waals surface area contributed by atoms with Crippen molar-refractivity contribution in [3.05, 3.63) is 18.2 Å². The molecular formula is C13H23N3S. The highest BCUT2D eigenvalue weighted by molar-refractivity contribution is 7.99. The number of hydrogen-bond acceptors (Lipinski definition) is 3. The molecule has 96 valence electrons. The zero-order valence-corrected chi connectivity index (χ0v) is 11.7. The molecule has 0 bridgehead atoms. The lowest BCUT2D eigenvalue weighted by molar-refractivity contribution is 0.270. The quantitative estimate of drug-likeness (QED) is 0.823. The summed E-state index contributed by atoms with van der Waals surface area (Å²) >= 11 is 2.12. The summed E-state index contributed by atoms with van der Waals surface area (Å²) in [5.74, 6) is 2.42. The number of rotatable bonds is 4. The Balaban J connectivity index is 1.92. The molecule has 2 heterocycles. The van der Waals surface area contributed by atoms with Gasteiger partial charge in [0, 0.05) is 31.2 Å². The Morgan fingerprint density at radius 3 is 3.06 bits per heavy atom. The lowest BCUT2D eigenvalue weighted by Crippen LogP contribution is -2.30. The molecule has 0 unspecified atom stereocenters. The minimum absolute atomic E-state index is 0.822. The maximum absolute atomic E-state index is 4.43. The van der Waals surface area contributed by atoms with Crippen molar-refractivity contribution >= 4 is 11.8 Å². The van der Waals surface area contributed by atoms with Crippen molar-refractivity contribution in [3.63, 3.8) is 0 Å². The van der Waals surface area contributed by atoms with E-state index in [0.29, 0.717) is 0 Å². The first-order valence-electron chi connectivity index (χ1n) is 6.59. The Morgan fingerprint density at radius 1 is 1.47 bits per heavy atom. The van der Waals surface area contributed by atoms with Crippen molar-refractivity contribution in [1.29, 1.82) is 0 Å². The predicted octanol–water partition coefficient (Wildman–Crippen LogP) is 2.53. The Morgan fingerprint density at radius 2 is 2.35 bits per heavy atom. The van der Waals surface area contributed by atoms with Gasteiger partial charge in [0.25, 0.3) is 0 Å². The summed E-state index contributed by atoms with van der Waals surface area (Å²) in [5, 5.41) is 0.822. The average Bonchev–Trinajstić information content (AvgIpc) is 2.59. The van der Waals surface area contributed by atoms with Gasteiger partial charge in [0.2, 0.25) is 0 Å². The molecule has 0 amide bonds. The first-order chi connectivity index (χ1) is 8.29. The van der Waals surface area contributed by atoms with Gasteiger partial charge in [0.05, 0.1) is 6.54 Å². The second-order valence-electron chi connectivity index (χ2n) is 4.76. The summed E-state index contributed by atoms with van der Waals surface area (Å²) in [6.07, 6.45) is 8.03. The number of hydrogen-bond donors (Lipinski definition) is 0. The molecule has 0 aromatic carbocycles. The molecular weight excluding hydrogens is 230 g/mol. The fourth-order valence-electron chi connectivity index (χ4n) is 2.44. The molecule has 0 spiro atoms. The second-order valence-corrected chi connectivity index (χ2v) is 6.34. The van der Waals surface area contributed by atoms with Crippen LogP contribution < -0.4 is 0 Å². The van der Waals surface area contributed by atoms with Crippen molar-refractivity contribution in [1.82, 2.24) is 14.5 Å². The van der Waals surface area contributed by atoms with Crippen molar-refractivity contribution in [2.75, 3.05) is 18.8 Å². The third kappa shape index (κ3) is 3.75. The van der Waals surface area contributed by atoms with E-state index < -0.39 is 0 Å². The van der Waals surface area contributed by atoms with Crippen LogP contribution in [-0.4, -0.2) is 38.5 Å². The SMILES string of the molecule is CCS[C@@H]1CCCCN(Cc2nccn2C)C1. The molecule has 1 fully saturated rings. The van der Waals surface area contributed by atoms with Gasteiger partial charge in [-0.3, -0.25) is 4.90 Å². The fraction of sp³-hybridized carbons (Fsp3) is 0.769. The van der Waals surface area contributed by atoms with Crippen LogP contribution in [0.1, 0.15) is 32.0 Å². The van der Waals surface area contributed by atoms with E-state index in [0.717, 1.165) is 11.8 Å². The smallest absolute Gasteiger partial charge is 0.122 e. The molecule has 0 radical (unpaired) electrons. The summed E-state index contributed by atoms with van der Waals surface area (Å²) in [4.78, 5) is 7.00. The van der Waals surface area contributed by atoms with E-state index in [-0.39, 0.29) is 0 Å². The largest absolute Gasteiger partial charge is 0.337 e. The zero-order chi connectivity index (χ0) is 12.1. The van der Waals surface area contributed by atoms with Crippen LogP contribution in [0.25, 0.3) is 0 Å². The van der Waals surface area contributed by atoms with E-state index in [1.807, 2.05) is 12.4 Å². The predicted molar refractivity (Wildman–Crippen MR) is 74.3 cm³/mol. The number of aryl methyl sites for hydroxylation is 1. The van der Waals surface area contributed by atoms with Crippen LogP contribution in [0.4, 0.5) is 0 Å². The minimum atomic E-state index is 0.822. The van der Waals surface area contributed by atoms with Crippen LogP contribution in [0.3, 0.4) is 0 Å². The fourth-order valence-corrected chi connectivity index (χ4v) is 3.56. The molecule has 17 heavy (non-hydrogen) atoms. The molecule has 4 heteroatoms. The molecule has 0 saturated carbocycles. The summed E-state index contributed by atoms with van der Waals surface area (Å²) in [6.45, 7) is 5.72. The highest BCUT2D eigenvalue weighted by atomic mass is 32.2. The Kier molecular flexibility index (Phi) is 4.92. The lowest BCUT2D eigenvalue weighted by atomic mass is 10.2. The summed E-state index contributed by atoms with van der Waals surface area (Å²) in [7, 11) is 2.08. The van der Waals surface area contributed by atoms with Crippen LogP contribution in [0.15, 0.2) is 12.4 Å². The van der Waals surface area contributed by atoms with Crippen LogP contribution in [0.2, 0.25) is 0 Å². The second kappa shape index (κ2) is 6.45. The topological polar surface area (TPSA) is 21.1 Å². The third-order valence-corrected chi connectivity index (χ3v) is 4.59. The number of thioether (sulfide) groups is 1.